The van der Waals surface area contributed by atoms with Crippen LogP contribution < -0.4 is 5.32 Å². The standard InChI is InChI=1S/C13H20N2O3/c1-3-9-15(10-11(16)17)12(18)14-13(2)7-5-4-6-8-13/h1H,4-10H2,2H3,(H,14,18)(H,16,17). The minimum atomic E-state index is -1.06. The van der Waals surface area contributed by atoms with E-state index in [1.54, 1.807) is 0 Å². The zero-order valence-electron chi connectivity index (χ0n) is 10.7. The lowest BCUT2D eigenvalue weighted by atomic mass is 9.83. The molecule has 1 saturated carbocycles. The number of urea groups is 1. The van der Waals surface area contributed by atoms with Crippen molar-refractivity contribution in [3.8, 4) is 12.3 Å². The second-order valence-electron chi connectivity index (χ2n) is 5.01. The van der Waals surface area contributed by atoms with Crippen LogP contribution in [-0.2, 0) is 4.79 Å². The van der Waals surface area contributed by atoms with Crippen LogP contribution in [-0.4, -0.2) is 40.6 Å². The van der Waals surface area contributed by atoms with Crippen LogP contribution >= 0.6 is 0 Å². The smallest absolute Gasteiger partial charge is 0.323 e. The maximum Gasteiger partial charge on any atom is 0.323 e. The molecular formula is C13H20N2O3. The Balaban J connectivity index is 2.60. The average molecular weight is 252 g/mol. The summed E-state index contributed by atoms with van der Waals surface area (Å²) in [6.07, 6.45) is 10.4. The van der Waals surface area contributed by atoms with E-state index >= 15 is 0 Å². The highest BCUT2D eigenvalue weighted by Gasteiger charge is 2.30. The summed E-state index contributed by atoms with van der Waals surface area (Å²) in [5, 5.41) is 11.7. The first-order valence-electron chi connectivity index (χ1n) is 6.19. The summed E-state index contributed by atoms with van der Waals surface area (Å²) >= 11 is 0. The van der Waals surface area contributed by atoms with E-state index in [9.17, 15) is 9.59 Å². The number of carbonyl (C=O) groups is 2. The predicted molar refractivity (Wildman–Crippen MR) is 68.1 cm³/mol. The third-order valence-electron chi connectivity index (χ3n) is 3.26. The summed E-state index contributed by atoms with van der Waals surface area (Å²) in [4.78, 5) is 23.8. The van der Waals surface area contributed by atoms with Gasteiger partial charge in [-0.05, 0) is 19.8 Å². The van der Waals surface area contributed by atoms with Gasteiger partial charge in [-0.3, -0.25) is 4.79 Å². The number of hydrogen-bond acceptors (Lipinski definition) is 2. The molecule has 0 spiro atoms. The first-order valence-corrected chi connectivity index (χ1v) is 6.19. The van der Waals surface area contributed by atoms with Crippen LogP contribution in [0.5, 0.6) is 0 Å². The Morgan fingerprint density at radius 1 is 1.39 bits per heavy atom. The number of amides is 2. The van der Waals surface area contributed by atoms with Crippen LogP contribution in [0.15, 0.2) is 0 Å². The van der Waals surface area contributed by atoms with Crippen molar-refractivity contribution in [1.29, 1.82) is 0 Å². The molecule has 0 saturated heterocycles. The van der Waals surface area contributed by atoms with Crippen LogP contribution in [0.25, 0.3) is 0 Å². The number of nitrogens with one attached hydrogen (secondary N) is 1. The van der Waals surface area contributed by atoms with E-state index in [-0.39, 0.29) is 24.7 Å². The van der Waals surface area contributed by atoms with Gasteiger partial charge in [-0.15, -0.1) is 6.42 Å². The number of carboxylic acid groups (broad SMARTS) is 1. The summed E-state index contributed by atoms with van der Waals surface area (Å²) in [7, 11) is 0. The third-order valence-corrected chi connectivity index (χ3v) is 3.26. The highest BCUT2D eigenvalue weighted by Crippen LogP contribution is 2.27. The molecule has 2 amide bonds. The normalized spacial score (nSPS) is 17.6. The molecule has 0 heterocycles. The lowest BCUT2D eigenvalue weighted by Gasteiger charge is -2.36. The van der Waals surface area contributed by atoms with E-state index < -0.39 is 5.97 Å². The fourth-order valence-electron chi connectivity index (χ4n) is 2.27. The van der Waals surface area contributed by atoms with E-state index in [1.165, 1.54) is 6.42 Å². The Labute approximate surface area is 108 Å². The summed E-state index contributed by atoms with van der Waals surface area (Å²) in [5.41, 5.74) is -0.235. The van der Waals surface area contributed by atoms with Crippen molar-refractivity contribution in [2.45, 2.75) is 44.6 Å². The number of rotatable bonds is 4. The number of nitrogens with zero attached hydrogens (tertiary/aromatic N) is 1. The molecule has 18 heavy (non-hydrogen) atoms. The van der Waals surface area contributed by atoms with Crippen molar-refractivity contribution in [3.63, 3.8) is 0 Å². The maximum absolute atomic E-state index is 12.0. The SMILES string of the molecule is C#CCN(CC(=O)O)C(=O)NC1(C)CCCCC1. The van der Waals surface area contributed by atoms with Gasteiger partial charge in [0.05, 0.1) is 6.54 Å². The van der Waals surface area contributed by atoms with E-state index in [0.717, 1.165) is 30.6 Å². The zero-order valence-corrected chi connectivity index (χ0v) is 10.7. The molecular weight excluding hydrogens is 232 g/mol. The lowest BCUT2D eigenvalue weighted by molar-refractivity contribution is -0.137. The van der Waals surface area contributed by atoms with Crippen molar-refractivity contribution >= 4 is 12.0 Å². The number of carbonyl (C=O) groups excluding carboxylic acids is 1. The number of hydrogen-bond donors (Lipinski definition) is 2. The molecule has 0 bridgehead atoms. The van der Waals surface area contributed by atoms with Gasteiger partial charge in [0.1, 0.15) is 6.54 Å². The van der Waals surface area contributed by atoms with Gasteiger partial charge in [0.15, 0.2) is 0 Å². The Morgan fingerprint density at radius 2 is 2.00 bits per heavy atom. The second kappa shape index (κ2) is 6.29. The molecule has 0 aromatic heterocycles. The molecule has 0 atom stereocenters. The number of carboxylic acids is 1. The topological polar surface area (TPSA) is 69.6 Å². The monoisotopic (exact) mass is 252 g/mol. The molecule has 5 nitrogen and oxygen atoms in total. The minimum absolute atomic E-state index is 0.00815. The Kier molecular flexibility index (Phi) is 5.02. The number of aliphatic carboxylic acids is 1. The molecule has 1 fully saturated rings. The fraction of sp³-hybridized carbons (Fsp3) is 0.692. The molecule has 0 aliphatic heterocycles. The van der Waals surface area contributed by atoms with Gasteiger partial charge < -0.3 is 15.3 Å². The molecule has 1 rings (SSSR count). The second-order valence-corrected chi connectivity index (χ2v) is 5.01. The van der Waals surface area contributed by atoms with E-state index in [4.69, 9.17) is 11.5 Å². The third kappa shape index (κ3) is 4.28. The van der Waals surface area contributed by atoms with E-state index in [1.807, 2.05) is 6.92 Å². The highest BCUT2D eigenvalue weighted by molar-refractivity contribution is 5.80. The molecule has 0 aromatic carbocycles. The van der Waals surface area contributed by atoms with Crippen LogP contribution in [0.2, 0.25) is 0 Å². The Hall–Kier alpha value is -1.70. The van der Waals surface area contributed by atoms with Crippen molar-refractivity contribution in [1.82, 2.24) is 10.2 Å². The zero-order chi connectivity index (χ0) is 13.6. The van der Waals surface area contributed by atoms with Gasteiger partial charge in [0.2, 0.25) is 0 Å². The average Bonchev–Trinajstić information content (AvgIpc) is 2.28. The Morgan fingerprint density at radius 3 is 2.50 bits per heavy atom. The van der Waals surface area contributed by atoms with Crippen molar-refractivity contribution in [2.75, 3.05) is 13.1 Å². The molecule has 0 aromatic rings. The largest absolute Gasteiger partial charge is 0.480 e. The van der Waals surface area contributed by atoms with Gasteiger partial charge in [0, 0.05) is 5.54 Å². The van der Waals surface area contributed by atoms with E-state index in [2.05, 4.69) is 11.2 Å². The molecule has 1 aliphatic carbocycles. The van der Waals surface area contributed by atoms with Gasteiger partial charge in [-0.2, -0.15) is 0 Å². The summed E-state index contributed by atoms with van der Waals surface area (Å²) < 4.78 is 0. The van der Waals surface area contributed by atoms with Gasteiger partial charge in [-0.1, -0.05) is 25.2 Å². The lowest BCUT2D eigenvalue weighted by Crippen LogP contribution is -2.53. The fourth-order valence-corrected chi connectivity index (χ4v) is 2.27. The molecule has 1 aliphatic rings. The molecule has 5 heteroatoms. The molecule has 100 valence electrons. The van der Waals surface area contributed by atoms with Crippen molar-refractivity contribution < 1.29 is 14.7 Å². The first kappa shape index (κ1) is 14.4. The maximum atomic E-state index is 12.0. The van der Waals surface area contributed by atoms with Crippen LogP contribution in [0.4, 0.5) is 4.79 Å². The van der Waals surface area contributed by atoms with Gasteiger partial charge >= 0.3 is 12.0 Å². The molecule has 0 unspecified atom stereocenters. The van der Waals surface area contributed by atoms with Crippen LogP contribution in [0.1, 0.15) is 39.0 Å². The van der Waals surface area contributed by atoms with Gasteiger partial charge in [-0.25, -0.2) is 4.79 Å². The van der Waals surface area contributed by atoms with Crippen LogP contribution in [0, 0.1) is 12.3 Å². The summed E-state index contributed by atoms with van der Waals surface area (Å²) in [6, 6.07) is -0.389. The summed E-state index contributed by atoms with van der Waals surface area (Å²) in [6.45, 7) is 1.64. The van der Waals surface area contributed by atoms with E-state index in [0.29, 0.717) is 0 Å². The van der Waals surface area contributed by atoms with Crippen molar-refractivity contribution in [3.05, 3.63) is 0 Å². The quantitative estimate of drug-likeness (QED) is 0.744. The van der Waals surface area contributed by atoms with Crippen LogP contribution in [0.3, 0.4) is 0 Å². The minimum Gasteiger partial charge on any atom is -0.480 e. The molecule has 2 N–H and O–H groups in total. The number of terminal acetylenes is 1. The predicted octanol–water partition coefficient (Wildman–Crippen LogP) is 1.44. The highest BCUT2D eigenvalue weighted by atomic mass is 16.4. The van der Waals surface area contributed by atoms with Gasteiger partial charge in [0.25, 0.3) is 0 Å². The Bertz CT molecular complexity index is 354. The summed E-state index contributed by atoms with van der Waals surface area (Å²) in [5.74, 6) is 1.24. The van der Waals surface area contributed by atoms with Crippen molar-refractivity contribution in [2.24, 2.45) is 0 Å². The first-order chi connectivity index (χ1) is 8.47. The molecule has 0 radical (unpaired) electrons.